The molecule has 0 fully saturated rings. The molecule has 2 N–H and O–H groups in total. The summed E-state index contributed by atoms with van der Waals surface area (Å²) >= 11 is 0. The van der Waals surface area contributed by atoms with Gasteiger partial charge in [-0.25, -0.2) is 0 Å². The summed E-state index contributed by atoms with van der Waals surface area (Å²) in [6, 6.07) is 12.5. The Morgan fingerprint density at radius 3 is 2.44 bits per heavy atom. The molecular weight excluding hydrogens is 224 g/mol. The SMILES string of the molecule is NCCCN(Cc1ccccc1)Cc1ccoc1. The molecule has 1 aromatic heterocycles. The second kappa shape index (κ2) is 6.99. The first-order valence-electron chi connectivity index (χ1n) is 6.36. The van der Waals surface area contributed by atoms with E-state index in [4.69, 9.17) is 10.2 Å². The summed E-state index contributed by atoms with van der Waals surface area (Å²) in [6.45, 7) is 3.60. The maximum Gasteiger partial charge on any atom is 0.0947 e. The van der Waals surface area contributed by atoms with Crippen molar-refractivity contribution in [3.63, 3.8) is 0 Å². The first-order valence-corrected chi connectivity index (χ1v) is 6.36. The normalized spacial score (nSPS) is 11.0. The molecule has 0 spiro atoms. The van der Waals surface area contributed by atoms with Gasteiger partial charge in [-0.05, 0) is 24.6 Å². The Morgan fingerprint density at radius 2 is 1.78 bits per heavy atom. The van der Waals surface area contributed by atoms with Gasteiger partial charge in [-0.2, -0.15) is 0 Å². The van der Waals surface area contributed by atoms with Gasteiger partial charge in [0.15, 0.2) is 0 Å². The lowest BCUT2D eigenvalue weighted by molar-refractivity contribution is 0.254. The van der Waals surface area contributed by atoms with Crippen LogP contribution in [0.4, 0.5) is 0 Å². The lowest BCUT2D eigenvalue weighted by Crippen LogP contribution is -2.25. The van der Waals surface area contributed by atoms with Crippen LogP contribution in [-0.4, -0.2) is 18.0 Å². The van der Waals surface area contributed by atoms with Gasteiger partial charge in [0.05, 0.1) is 12.5 Å². The minimum absolute atomic E-state index is 0.733. The fourth-order valence-electron chi connectivity index (χ4n) is 2.01. The van der Waals surface area contributed by atoms with Crippen LogP contribution in [-0.2, 0) is 13.1 Å². The topological polar surface area (TPSA) is 42.4 Å². The van der Waals surface area contributed by atoms with Crippen molar-refractivity contribution in [3.8, 4) is 0 Å². The maximum atomic E-state index is 5.60. The van der Waals surface area contributed by atoms with Crippen LogP contribution in [0.1, 0.15) is 17.5 Å². The van der Waals surface area contributed by atoms with E-state index in [1.165, 1.54) is 11.1 Å². The zero-order valence-electron chi connectivity index (χ0n) is 10.6. The van der Waals surface area contributed by atoms with Crippen molar-refractivity contribution >= 4 is 0 Å². The second-order valence-corrected chi connectivity index (χ2v) is 4.47. The lowest BCUT2D eigenvalue weighted by atomic mass is 10.2. The maximum absolute atomic E-state index is 5.60. The third kappa shape index (κ3) is 4.02. The van der Waals surface area contributed by atoms with E-state index < -0.39 is 0 Å². The number of nitrogens with two attached hydrogens (primary N) is 1. The van der Waals surface area contributed by atoms with Gasteiger partial charge in [0.2, 0.25) is 0 Å². The van der Waals surface area contributed by atoms with Gasteiger partial charge in [-0.1, -0.05) is 30.3 Å². The molecule has 3 heteroatoms. The molecule has 3 nitrogen and oxygen atoms in total. The fourth-order valence-corrected chi connectivity index (χ4v) is 2.01. The Bertz CT molecular complexity index is 425. The van der Waals surface area contributed by atoms with Crippen LogP contribution < -0.4 is 5.73 Å². The molecule has 2 aromatic rings. The predicted octanol–water partition coefficient (Wildman–Crippen LogP) is 2.63. The summed E-state index contributed by atoms with van der Waals surface area (Å²) in [5.74, 6) is 0. The molecule has 0 aliphatic carbocycles. The average Bonchev–Trinajstić information content (AvgIpc) is 2.90. The highest BCUT2D eigenvalue weighted by Crippen LogP contribution is 2.10. The van der Waals surface area contributed by atoms with Crippen molar-refractivity contribution in [1.82, 2.24) is 4.90 Å². The van der Waals surface area contributed by atoms with Gasteiger partial charge < -0.3 is 10.2 Å². The molecule has 0 unspecified atom stereocenters. The van der Waals surface area contributed by atoms with Crippen LogP contribution in [0.2, 0.25) is 0 Å². The van der Waals surface area contributed by atoms with Crippen molar-refractivity contribution in [2.45, 2.75) is 19.5 Å². The van der Waals surface area contributed by atoms with Crippen molar-refractivity contribution in [2.24, 2.45) is 5.73 Å². The average molecular weight is 244 g/mol. The molecule has 0 aliphatic rings. The first kappa shape index (κ1) is 12.9. The van der Waals surface area contributed by atoms with E-state index in [-0.39, 0.29) is 0 Å². The van der Waals surface area contributed by atoms with Gasteiger partial charge in [-0.15, -0.1) is 0 Å². The van der Waals surface area contributed by atoms with Crippen LogP contribution in [0.5, 0.6) is 0 Å². The van der Waals surface area contributed by atoms with E-state index >= 15 is 0 Å². The van der Waals surface area contributed by atoms with Crippen LogP contribution in [0.3, 0.4) is 0 Å². The quantitative estimate of drug-likeness (QED) is 0.814. The van der Waals surface area contributed by atoms with Crippen molar-refractivity contribution in [1.29, 1.82) is 0 Å². The van der Waals surface area contributed by atoms with E-state index in [0.717, 1.165) is 32.6 Å². The van der Waals surface area contributed by atoms with E-state index in [1.807, 2.05) is 12.1 Å². The standard InChI is InChI=1S/C15H20N2O/c16-8-4-9-17(12-15-7-10-18-13-15)11-14-5-2-1-3-6-14/h1-3,5-7,10,13H,4,8-9,11-12,16H2. The summed E-state index contributed by atoms with van der Waals surface area (Å²) in [4.78, 5) is 2.40. The lowest BCUT2D eigenvalue weighted by Gasteiger charge is -2.21. The smallest absolute Gasteiger partial charge is 0.0947 e. The third-order valence-corrected chi connectivity index (χ3v) is 2.91. The van der Waals surface area contributed by atoms with Crippen LogP contribution in [0, 0.1) is 0 Å². The Balaban J connectivity index is 1.96. The fraction of sp³-hybridized carbons (Fsp3) is 0.333. The Hall–Kier alpha value is -1.58. The number of rotatable bonds is 7. The molecule has 0 saturated heterocycles. The van der Waals surface area contributed by atoms with Gasteiger partial charge in [0, 0.05) is 25.2 Å². The van der Waals surface area contributed by atoms with Crippen LogP contribution >= 0.6 is 0 Å². The molecule has 0 saturated carbocycles. The summed E-state index contributed by atoms with van der Waals surface area (Å²) in [5.41, 5.74) is 8.14. The van der Waals surface area contributed by atoms with E-state index in [1.54, 1.807) is 12.5 Å². The number of hydrogen-bond acceptors (Lipinski definition) is 3. The zero-order chi connectivity index (χ0) is 12.6. The molecule has 0 radical (unpaired) electrons. The molecule has 18 heavy (non-hydrogen) atoms. The van der Waals surface area contributed by atoms with Crippen molar-refractivity contribution in [3.05, 3.63) is 60.1 Å². The molecule has 96 valence electrons. The van der Waals surface area contributed by atoms with Crippen LogP contribution in [0.15, 0.2) is 53.3 Å². The molecule has 0 amide bonds. The van der Waals surface area contributed by atoms with E-state index in [2.05, 4.69) is 29.2 Å². The summed E-state index contributed by atoms with van der Waals surface area (Å²) in [6.07, 6.45) is 4.55. The van der Waals surface area contributed by atoms with Crippen molar-refractivity contribution < 1.29 is 4.42 Å². The zero-order valence-corrected chi connectivity index (χ0v) is 10.6. The number of hydrogen-bond donors (Lipinski definition) is 1. The largest absolute Gasteiger partial charge is 0.472 e. The highest BCUT2D eigenvalue weighted by atomic mass is 16.3. The molecule has 0 atom stereocenters. The number of nitrogens with zero attached hydrogens (tertiary/aromatic N) is 1. The Morgan fingerprint density at radius 1 is 1.00 bits per heavy atom. The van der Waals surface area contributed by atoms with Gasteiger partial charge in [0.25, 0.3) is 0 Å². The number of furan rings is 1. The molecule has 0 aliphatic heterocycles. The predicted molar refractivity (Wildman–Crippen MR) is 72.9 cm³/mol. The second-order valence-electron chi connectivity index (χ2n) is 4.47. The van der Waals surface area contributed by atoms with Gasteiger partial charge in [0.1, 0.15) is 0 Å². The van der Waals surface area contributed by atoms with Gasteiger partial charge in [-0.3, -0.25) is 4.90 Å². The number of benzene rings is 1. The highest BCUT2D eigenvalue weighted by molar-refractivity contribution is 5.15. The summed E-state index contributed by atoms with van der Waals surface area (Å²) in [7, 11) is 0. The molecular formula is C15H20N2O. The Kier molecular flexibility index (Phi) is 5.00. The van der Waals surface area contributed by atoms with Crippen molar-refractivity contribution in [2.75, 3.05) is 13.1 Å². The molecule has 0 bridgehead atoms. The minimum Gasteiger partial charge on any atom is -0.472 e. The highest BCUT2D eigenvalue weighted by Gasteiger charge is 2.07. The third-order valence-electron chi connectivity index (χ3n) is 2.91. The summed E-state index contributed by atoms with van der Waals surface area (Å²) < 4.78 is 5.12. The Labute approximate surface area is 108 Å². The monoisotopic (exact) mass is 244 g/mol. The minimum atomic E-state index is 0.733. The molecule has 1 aromatic carbocycles. The van der Waals surface area contributed by atoms with E-state index in [9.17, 15) is 0 Å². The van der Waals surface area contributed by atoms with E-state index in [0.29, 0.717) is 0 Å². The molecule has 2 rings (SSSR count). The summed E-state index contributed by atoms with van der Waals surface area (Å²) in [5, 5.41) is 0. The van der Waals surface area contributed by atoms with Crippen LogP contribution in [0.25, 0.3) is 0 Å². The molecule has 1 heterocycles. The first-order chi connectivity index (χ1) is 8.88. The van der Waals surface area contributed by atoms with Gasteiger partial charge >= 0.3 is 0 Å².